The molecule has 0 aliphatic rings. The Morgan fingerprint density at radius 3 is 2.31 bits per heavy atom. The maximum atomic E-state index is 8.93. The van der Waals surface area contributed by atoms with E-state index in [1.807, 2.05) is 0 Å². The summed E-state index contributed by atoms with van der Waals surface area (Å²) in [6.45, 7) is 12.1. The molecular weight excluding hydrogens is 200 g/mol. The Kier molecular flexibility index (Phi) is 8.90. The first-order chi connectivity index (χ1) is 7.49. The van der Waals surface area contributed by atoms with E-state index >= 15 is 0 Å². The van der Waals surface area contributed by atoms with Crippen LogP contribution >= 0.6 is 0 Å². The maximum Gasteiger partial charge on any atom is 0.0434 e. The first-order valence-corrected chi connectivity index (χ1v) is 6.56. The molecule has 0 aromatic carbocycles. The fourth-order valence-corrected chi connectivity index (χ4v) is 1.77. The van der Waals surface area contributed by atoms with Crippen LogP contribution in [-0.4, -0.2) is 36.9 Å². The lowest BCUT2D eigenvalue weighted by molar-refractivity contribution is 0.248. The Bertz CT molecular complexity index is 149. The average Bonchev–Trinajstić information content (AvgIpc) is 2.16. The van der Waals surface area contributed by atoms with Crippen molar-refractivity contribution in [3.8, 4) is 0 Å². The Balaban J connectivity index is 3.46. The highest BCUT2D eigenvalue weighted by molar-refractivity contribution is 4.71. The van der Waals surface area contributed by atoms with Gasteiger partial charge >= 0.3 is 0 Å². The summed E-state index contributed by atoms with van der Waals surface area (Å²) in [5.74, 6) is 0.629. The van der Waals surface area contributed by atoms with Crippen molar-refractivity contribution >= 4 is 0 Å². The highest BCUT2D eigenvalue weighted by Gasteiger charge is 2.08. The lowest BCUT2D eigenvalue weighted by Gasteiger charge is -2.21. The molecule has 3 N–H and O–H groups in total. The van der Waals surface area contributed by atoms with Crippen LogP contribution in [-0.2, 0) is 0 Å². The molecule has 3 nitrogen and oxygen atoms in total. The SMILES string of the molecule is CCCC(CCO)CNCCNC(C)(C)C. The topological polar surface area (TPSA) is 44.3 Å². The molecule has 0 saturated carbocycles. The molecule has 0 aliphatic heterocycles. The molecule has 1 atom stereocenters. The van der Waals surface area contributed by atoms with Crippen LogP contribution in [0.1, 0.15) is 47.0 Å². The standard InChI is InChI=1S/C13H30N2O/c1-5-6-12(7-10-16)11-14-8-9-15-13(2,3)4/h12,14-16H,5-11H2,1-4H3. The summed E-state index contributed by atoms with van der Waals surface area (Å²) in [4.78, 5) is 0. The lowest BCUT2D eigenvalue weighted by Crippen LogP contribution is -2.40. The monoisotopic (exact) mass is 230 g/mol. The number of rotatable bonds is 9. The van der Waals surface area contributed by atoms with Gasteiger partial charge in [-0.3, -0.25) is 0 Å². The average molecular weight is 230 g/mol. The molecule has 1 unspecified atom stereocenters. The van der Waals surface area contributed by atoms with Gasteiger partial charge in [-0.05, 0) is 46.1 Å². The predicted molar refractivity (Wildman–Crippen MR) is 70.7 cm³/mol. The fourth-order valence-electron chi connectivity index (χ4n) is 1.77. The Morgan fingerprint density at radius 1 is 1.12 bits per heavy atom. The molecule has 0 aromatic rings. The minimum atomic E-state index is 0.204. The van der Waals surface area contributed by atoms with Gasteiger partial charge in [-0.2, -0.15) is 0 Å². The molecule has 0 fully saturated rings. The second-order valence-electron chi connectivity index (χ2n) is 5.55. The number of hydrogen-bond donors (Lipinski definition) is 3. The lowest BCUT2D eigenvalue weighted by atomic mass is 10.0. The van der Waals surface area contributed by atoms with Gasteiger partial charge in [0, 0.05) is 25.2 Å². The van der Waals surface area contributed by atoms with Crippen LogP contribution in [0.4, 0.5) is 0 Å². The molecule has 0 heterocycles. The molecule has 98 valence electrons. The van der Waals surface area contributed by atoms with Crippen LogP contribution in [0.5, 0.6) is 0 Å². The fraction of sp³-hybridized carbons (Fsp3) is 1.00. The highest BCUT2D eigenvalue weighted by Crippen LogP contribution is 2.08. The van der Waals surface area contributed by atoms with Crippen LogP contribution in [0, 0.1) is 5.92 Å². The van der Waals surface area contributed by atoms with E-state index in [1.165, 1.54) is 12.8 Å². The third-order valence-corrected chi connectivity index (χ3v) is 2.62. The van der Waals surface area contributed by atoms with Crippen molar-refractivity contribution in [1.29, 1.82) is 0 Å². The van der Waals surface area contributed by atoms with Crippen LogP contribution in [0.2, 0.25) is 0 Å². The summed E-state index contributed by atoms with van der Waals surface area (Å²) in [6.07, 6.45) is 3.33. The van der Waals surface area contributed by atoms with Gasteiger partial charge in [0.25, 0.3) is 0 Å². The molecule has 0 rings (SSSR count). The summed E-state index contributed by atoms with van der Waals surface area (Å²) in [7, 11) is 0. The van der Waals surface area contributed by atoms with Crippen molar-refractivity contribution in [3.63, 3.8) is 0 Å². The van der Waals surface area contributed by atoms with Crippen molar-refractivity contribution < 1.29 is 5.11 Å². The molecule has 0 spiro atoms. The highest BCUT2D eigenvalue weighted by atomic mass is 16.3. The molecule has 3 heteroatoms. The van der Waals surface area contributed by atoms with Crippen LogP contribution in [0.3, 0.4) is 0 Å². The Labute approximate surface area is 101 Å². The summed E-state index contributed by atoms with van der Waals surface area (Å²) in [5.41, 5.74) is 0.204. The van der Waals surface area contributed by atoms with Gasteiger partial charge in [-0.15, -0.1) is 0 Å². The number of aliphatic hydroxyl groups is 1. The zero-order chi connectivity index (χ0) is 12.4. The minimum absolute atomic E-state index is 0.204. The van der Waals surface area contributed by atoms with E-state index in [9.17, 15) is 0 Å². The summed E-state index contributed by atoms with van der Waals surface area (Å²) in [6, 6.07) is 0. The Morgan fingerprint density at radius 2 is 1.81 bits per heavy atom. The largest absolute Gasteiger partial charge is 0.396 e. The second kappa shape index (κ2) is 8.97. The molecule has 0 bridgehead atoms. The number of nitrogens with one attached hydrogen (secondary N) is 2. The van der Waals surface area contributed by atoms with Gasteiger partial charge in [0.05, 0.1) is 0 Å². The van der Waals surface area contributed by atoms with Crippen molar-refractivity contribution in [2.45, 2.75) is 52.5 Å². The van der Waals surface area contributed by atoms with Crippen molar-refractivity contribution in [2.24, 2.45) is 5.92 Å². The van der Waals surface area contributed by atoms with Crippen molar-refractivity contribution in [3.05, 3.63) is 0 Å². The summed E-state index contributed by atoms with van der Waals surface area (Å²) >= 11 is 0. The summed E-state index contributed by atoms with van der Waals surface area (Å²) in [5, 5.41) is 15.8. The molecule has 0 aromatic heterocycles. The van der Waals surface area contributed by atoms with E-state index in [0.717, 1.165) is 26.1 Å². The van der Waals surface area contributed by atoms with Gasteiger partial charge in [0.1, 0.15) is 0 Å². The zero-order valence-corrected chi connectivity index (χ0v) is 11.5. The zero-order valence-electron chi connectivity index (χ0n) is 11.5. The van der Waals surface area contributed by atoms with Gasteiger partial charge in [-0.1, -0.05) is 13.3 Å². The molecule has 0 aliphatic carbocycles. The third-order valence-electron chi connectivity index (χ3n) is 2.62. The van der Waals surface area contributed by atoms with E-state index in [0.29, 0.717) is 12.5 Å². The third kappa shape index (κ3) is 10.4. The molecule has 0 saturated heterocycles. The first-order valence-electron chi connectivity index (χ1n) is 6.56. The molecule has 0 radical (unpaired) electrons. The van der Waals surface area contributed by atoms with Crippen molar-refractivity contribution in [1.82, 2.24) is 10.6 Å². The van der Waals surface area contributed by atoms with Crippen molar-refractivity contribution in [2.75, 3.05) is 26.2 Å². The predicted octanol–water partition coefficient (Wildman–Crippen LogP) is 1.76. The number of hydrogen-bond acceptors (Lipinski definition) is 3. The second-order valence-corrected chi connectivity index (χ2v) is 5.55. The van der Waals surface area contributed by atoms with E-state index in [4.69, 9.17) is 5.11 Å². The Hall–Kier alpha value is -0.120. The van der Waals surface area contributed by atoms with Gasteiger partial charge in [0.2, 0.25) is 0 Å². The first kappa shape index (κ1) is 15.9. The summed E-state index contributed by atoms with van der Waals surface area (Å²) < 4.78 is 0. The van der Waals surface area contributed by atoms with Crippen LogP contribution < -0.4 is 10.6 Å². The maximum absolute atomic E-state index is 8.93. The quantitative estimate of drug-likeness (QED) is 0.529. The minimum Gasteiger partial charge on any atom is -0.396 e. The van der Waals surface area contributed by atoms with E-state index in [-0.39, 0.29) is 5.54 Å². The van der Waals surface area contributed by atoms with E-state index in [1.54, 1.807) is 0 Å². The molecule has 16 heavy (non-hydrogen) atoms. The van der Waals surface area contributed by atoms with Gasteiger partial charge in [-0.25, -0.2) is 0 Å². The van der Waals surface area contributed by atoms with Crippen LogP contribution in [0.25, 0.3) is 0 Å². The van der Waals surface area contributed by atoms with E-state index in [2.05, 4.69) is 38.3 Å². The van der Waals surface area contributed by atoms with E-state index < -0.39 is 0 Å². The smallest absolute Gasteiger partial charge is 0.0434 e. The van der Waals surface area contributed by atoms with Gasteiger partial charge < -0.3 is 15.7 Å². The molecular formula is C13H30N2O. The van der Waals surface area contributed by atoms with Gasteiger partial charge in [0.15, 0.2) is 0 Å². The van der Waals surface area contributed by atoms with Crippen LogP contribution in [0.15, 0.2) is 0 Å². The number of aliphatic hydroxyl groups excluding tert-OH is 1. The molecule has 0 amide bonds. The normalized spacial score (nSPS) is 14.1.